The lowest BCUT2D eigenvalue weighted by Crippen LogP contribution is -2.15. The van der Waals surface area contributed by atoms with Crippen molar-refractivity contribution < 1.29 is 27.2 Å². The molecule has 0 bridgehead atoms. The number of amides is 2. The highest BCUT2D eigenvalue weighted by Crippen LogP contribution is 2.48. The molecule has 2 aromatic carbocycles. The Bertz CT molecular complexity index is 878. The molecule has 2 atom stereocenters. The van der Waals surface area contributed by atoms with Gasteiger partial charge in [-0.25, -0.2) is 4.39 Å². The Hall–Kier alpha value is -2.90. The molecule has 0 heterocycles. The summed E-state index contributed by atoms with van der Waals surface area (Å²) >= 11 is 0. The third-order valence-corrected chi connectivity index (χ3v) is 4.34. The molecular weight excluding hydrogens is 364 g/mol. The molecular formula is C19H16F4N2O2. The number of carbonyl (C=O) groups excluding carboxylic acids is 2. The van der Waals surface area contributed by atoms with Crippen molar-refractivity contribution in [2.24, 2.45) is 5.92 Å². The van der Waals surface area contributed by atoms with Gasteiger partial charge in [0.2, 0.25) is 11.8 Å². The molecule has 0 aromatic heterocycles. The molecule has 0 spiro atoms. The number of anilines is 2. The van der Waals surface area contributed by atoms with Crippen molar-refractivity contribution in [1.82, 2.24) is 0 Å². The van der Waals surface area contributed by atoms with Gasteiger partial charge in [-0.15, -0.1) is 0 Å². The minimum atomic E-state index is -4.40. The number of rotatable bonds is 4. The monoisotopic (exact) mass is 380 g/mol. The fraction of sp³-hybridized carbons (Fsp3) is 0.263. The van der Waals surface area contributed by atoms with E-state index in [2.05, 4.69) is 10.6 Å². The lowest BCUT2D eigenvalue weighted by atomic mass is 10.1. The van der Waals surface area contributed by atoms with Crippen molar-refractivity contribution in [3.63, 3.8) is 0 Å². The van der Waals surface area contributed by atoms with Crippen LogP contribution in [0.4, 0.5) is 28.9 Å². The van der Waals surface area contributed by atoms with Crippen molar-refractivity contribution in [2.75, 3.05) is 10.6 Å². The summed E-state index contributed by atoms with van der Waals surface area (Å²) < 4.78 is 51.5. The van der Waals surface area contributed by atoms with Crippen LogP contribution < -0.4 is 10.6 Å². The van der Waals surface area contributed by atoms with Gasteiger partial charge in [-0.2, -0.15) is 13.2 Å². The molecule has 142 valence electrons. The van der Waals surface area contributed by atoms with Gasteiger partial charge in [0.25, 0.3) is 0 Å². The molecule has 2 amide bonds. The molecule has 8 heteroatoms. The lowest BCUT2D eigenvalue weighted by molar-refractivity contribution is -0.137. The van der Waals surface area contributed by atoms with Crippen molar-refractivity contribution in [3.8, 4) is 0 Å². The summed E-state index contributed by atoms with van der Waals surface area (Å²) in [5.41, 5.74) is 0.213. The average molecular weight is 380 g/mol. The van der Waals surface area contributed by atoms with E-state index in [0.29, 0.717) is 17.7 Å². The second-order valence-corrected chi connectivity index (χ2v) is 6.43. The number of hydrogen-bond donors (Lipinski definition) is 2. The van der Waals surface area contributed by atoms with E-state index in [4.69, 9.17) is 0 Å². The Balaban J connectivity index is 1.64. The van der Waals surface area contributed by atoms with Crippen molar-refractivity contribution in [3.05, 3.63) is 59.4 Å². The van der Waals surface area contributed by atoms with Crippen LogP contribution in [0.2, 0.25) is 0 Å². The van der Waals surface area contributed by atoms with E-state index in [-0.39, 0.29) is 23.4 Å². The van der Waals surface area contributed by atoms with Gasteiger partial charge in [0.1, 0.15) is 5.82 Å². The largest absolute Gasteiger partial charge is 0.416 e. The number of halogens is 4. The van der Waals surface area contributed by atoms with Gasteiger partial charge in [-0.05, 0) is 48.2 Å². The Kier molecular flexibility index (Phi) is 4.91. The van der Waals surface area contributed by atoms with Gasteiger partial charge in [0.05, 0.1) is 11.3 Å². The predicted molar refractivity (Wildman–Crippen MR) is 91.6 cm³/mol. The fourth-order valence-electron chi connectivity index (χ4n) is 2.90. The van der Waals surface area contributed by atoms with Crippen LogP contribution in [0.15, 0.2) is 42.5 Å². The normalized spacial score (nSPS) is 18.7. The van der Waals surface area contributed by atoms with Gasteiger partial charge in [0, 0.05) is 18.5 Å². The van der Waals surface area contributed by atoms with Crippen LogP contribution in [0.1, 0.15) is 30.4 Å². The molecule has 4 nitrogen and oxygen atoms in total. The van der Waals surface area contributed by atoms with E-state index in [1.165, 1.54) is 31.2 Å². The zero-order chi connectivity index (χ0) is 19.8. The van der Waals surface area contributed by atoms with Crippen molar-refractivity contribution in [1.29, 1.82) is 0 Å². The number of carbonyl (C=O) groups is 2. The highest BCUT2D eigenvalue weighted by molar-refractivity contribution is 5.96. The molecule has 3 rings (SSSR count). The van der Waals surface area contributed by atoms with Gasteiger partial charge >= 0.3 is 6.18 Å². The number of alkyl halides is 3. The molecule has 27 heavy (non-hydrogen) atoms. The quantitative estimate of drug-likeness (QED) is 0.765. The van der Waals surface area contributed by atoms with E-state index in [1.807, 2.05) is 0 Å². The standard InChI is InChI=1S/C19H16F4N2O2/c1-10(26)24-17-8-13(6-7-16(17)20)25-18(27)15-9-14(15)11-2-4-12(5-3-11)19(21,22)23/h2-8,14-15H,9H2,1H3,(H,24,26)(H,25,27). The fourth-order valence-corrected chi connectivity index (χ4v) is 2.90. The molecule has 1 fully saturated rings. The second-order valence-electron chi connectivity index (χ2n) is 6.43. The van der Waals surface area contributed by atoms with Crippen LogP contribution in [0.5, 0.6) is 0 Å². The number of hydrogen-bond acceptors (Lipinski definition) is 2. The summed E-state index contributed by atoms with van der Waals surface area (Å²) in [4.78, 5) is 23.4. The Morgan fingerprint density at radius 2 is 1.70 bits per heavy atom. The predicted octanol–water partition coefficient (Wildman–Crippen LogP) is 4.55. The van der Waals surface area contributed by atoms with E-state index in [0.717, 1.165) is 18.2 Å². The van der Waals surface area contributed by atoms with E-state index in [1.54, 1.807) is 0 Å². The zero-order valence-electron chi connectivity index (χ0n) is 14.2. The average Bonchev–Trinajstić information content (AvgIpc) is 3.37. The van der Waals surface area contributed by atoms with Gasteiger partial charge in [-0.3, -0.25) is 9.59 Å². The first-order chi connectivity index (χ1) is 12.6. The highest BCUT2D eigenvalue weighted by atomic mass is 19.4. The summed E-state index contributed by atoms with van der Waals surface area (Å²) in [5, 5.41) is 4.97. The maximum atomic E-state index is 13.6. The van der Waals surface area contributed by atoms with Gasteiger partial charge in [-0.1, -0.05) is 12.1 Å². The number of benzene rings is 2. The first-order valence-corrected chi connectivity index (χ1v) is 8.20. The topological polar surface area (TPSA) is 58.2 Å². The first kappa shape index (κ1) is 18.9. The maximum absolute atomic E-state index is 13.6. The van der Waals surface area contributed by atoms with Crippen LogP contribution >= 0.6 is 0 Å². The summed E-state index contributed by atoms with van der Waals surface area (Å²) in [6.45, 7) is 1.24. The molecule has 2 N–H and O–H groups in total. The Morgan fingerprint density at radius 1 is 1.04 bits per heavy atom. The van der Waals surface area contributed by atoms with Crippen LogP contribution in [-0.4, -0.2) is 11.8 Å². The van der Waals surface area contributed by atoms with Crippen LogP contribution in [0, 0.1) is 11.7 Å². The van der Waals surface area contributed by atoms with Crippen molar-refractivity contribution in [2.45, 2.75) is 25.4 Å². The summed E-state index contributed by atoms with van der Waals surface area (Å²) in [6, 6.07) is 8.57. The van der Waals surface area contributed by atoms with E-state index >= 15 is 0 Å². The Morgan fingerprint density at radius 3 is 2.30 bits per heavy atom. The molecule has 0 saturated heterocycles. The van der Waals surface area contributed by atoms with E-state index in [9.17, 15) is 27.2 Å². The smallest absolute Gasteiger partial charge is 0.326 e. The van der Waals surface area contributed by atoms with Crippen molar-refractivity contribution >= 4 is 23.2 Å². The molecule has 1 aliphatic rings. The molecule has 2 aromatic rings. The third kappa shape index (κ3) is 4.45. The summed E-state index contributed by atoms with van der Waals surface area (Å²) in [5.74, 6) is -1.89. The van der Waals surface area contributed by atoms with Gasteiger partial charge < -0.3 is 10.6 Å². The number of nitrogens with one attached hydrogen (secondary N) is 2. The summed E-state index contributed by atoms with van der Waals surface area (Å²) in [7, 11) is 0. The SMILES string of the molecule is CC(=O)Nc1cc(NC(=O)C2CC2c2ccc(C(F)(F)F)cc2)ccc1F. The molecule has 0 aliphatic heterocycles. The third-order valence-electron chi connectivity index (χ3n) is 4.34. The van der Waals surface area contributed by atoms with Crippen LogP contribution in [0.3, 0.4) is 0 Å². The summed E-state index contributed by atoms with van der Waals surface area (Å²) in [6.07, 6.45) is -3.87. The van der Waals surface area contributed by atoms with Crippen LogP contribution in [-0.2, 0) is 15.8 Å². The molecule has 1 saturated carbocycles. The van der Waals surface area contributed by atoms with Crippen LogP contribution in [0.25, 0.3) is 0 Å². The van der Waals surface area contributed by atoms with E-state index < -0.39 is 23.5 Å². The zero-order valence-corrected chi connectivity index (χ0v) is 14.2. The lowest BCUT2D eigenvalue weighted by Gasteiger charge is -2.09. The molecule has 2 unspecified atom stereocenters. The minimum Gasteiger partial charge on any atom is -0.326 e. The second kappa shape index (κ2) is 7.02. The Labute approximate surface area is 152 Å². The molecule has 1 aliphatic carbocycles. The first-order valence-electron chi connectivity index (χ1n) is 8.20. The highest BCUT2D eigenvalue weighted by Gasteiger charge is 2.44. The maximum Gasteiger partial charge on any atom is 0.416 e. The minimum absolute atomic E-state index is 0.0459. The van der Waals surface area contributed by atoms with Gasteiger partial charge in [0.15, 0.2) is 0 Å². The molecule has 0 radical (unpaired) electrons.